The minimum atomic E-state index is -2.88. The first-order chi connectivity index (χ1) is 9.84. The molecule has 0 aliphatic rings. The molecule has 2 unspecified atom stereocenters. The van der Waals surface area contributed by atoms with Crippen molar-refractivity contribution in [3.8, 4) is 0 Å². The van der Waals surface area contributed by atoms with Crippen molar-refractivity contribution in [2.24, 2.45) is 0 Å². The quantitative estimate of drug-likeness (QED) is 0.813. The van der Waals surface area contributed by atoms with Crippen LogP contribution in [0, 0.1) is 5.82 Å². The van der Waals surface area contributed by atoms with Gasteiger partial charge in [0.15, 0.2) is 0 Å². The third-order valence-corrected chi connectivity index (χ3v) is 5.31. The predicted molar refractivity (Wildman–Crippen MR) is 81.9 cm³/mol. The van der Waals surface area contributed by atoms with E-state index in [1.807, 2.05) is 0 Å². The van der Waals surface area contributed by atoms with Gasteiger partial charge in [-0.15, -0.1) is 4.72 Å². The fourth-order valence-electron chi connectivity index (χ4n) is 1.82. The highest BCUT2D eigenvalue weighted by Gasteiger charge is 2.57. The molecule has 3 atom stereocenters. The van der Waals surface area contributed by atoms with Crippen molar-refractivity contribution in [1.29, 1.82) is 0 Å². The van der Waals surface area contributed by atoms with Gasteiger partial charge in [0.1, 0.15) is 16.1 Å². The minimum Gasteiger partial charge on any atom is -0.598 e. The van der Waals surface area contributed by atoms with E-state index in [9.17, 15) is 23.2 Å². The molecule has 1 rings (SSSR count). The van der Waals surface area contributed by atoms with Crippen molar-refractivity contribution >= 4 is 17.3 Å². The van der Waals surface area contributed by atoms with Crippen molar-refractivity contribution in [3.63, 3.8) is 0 Å². The summed E-state index contributed by atoms with van der Waals surface area (Å²) in [4.78, 5) is 11.3. The van der Waals surface area contributed by atoms with Gasteiger partial charge in [0, 0.05) is 16.9 Å². The number of carboxylic acid groups (broad SMARTS) is 1. The molecule has 1 aromatic carbocycles. The fourth-order valence-corrected chi connectivity index (χ4v) is 2.80. The number of carbonyl (C=O) groups is 1. The van der Waals surface area contributed by atoms with E-state index in [2.05, 4.69) is 4.72 Å². The average Bonchev–Trinajstić information content (AvgIpc) is 2.37. The molecule has 0 radical (unpaired) electrons. The second-order valence-corrected chi connectivity index (χ2v) is 8.36. The van der Waals surface area contributed by atoms with Crippen LogP contribution in [0.1, 0.15) is 40.2 Å². The minimum absolute atomic E-state index is 0.194. The largest absolute Gasteiger partial charge is 0.598 e. The van der Waals surface area contributed by atoms with Gasteiger partial charge in [-0.2, -0.15) is 0 Å². The zero-order valence-corrected chi connectivity index (χ0v) is 14.1. The van der Waals surface area contributed by atoms with Gasteiger partial charge in [0.2, 0.25) is 5.67 Å². The maximum Gasteiger partial charge on any atom is 0.343 e. The van der Waals surface area contributed by atoms with Crippen LogP contribution in [0.2, 0.25) is 0 Å². The Kier molecular flexibility index (Phi) is 5.26. The molecule has 0 saturated heterocycles. The second-order valence-electron chi connectivity index (χ2n) is 6.40. The van der Waals surface area contributed by atoms with Crippen LogP contribution in [0.5, 0.6) is 0 Å². The number of rotatable bonds is 5. The number of nitrogens with one attached hydrogen (secondary N) is 1. The van der Waals surface area contributed by atoms with Crippen LogP contribution >= 0.6 is 0 Å². The summed E-state index contributed by atoms with van der Waals surface area (Å²) in [6, 6.07) is 5.27. The normalized spacial score (nSPS) is 19.1. The Morgan fingerprint density at radius 3 is 2.14 bits per heavy atom. The molecule has 0 bridgehead atoms. The topological polar surface area (TPSA) is 72.4 Å². The summed E-state index contributed by atoms with van der Waals surface area (Å²) < 4.78 is 43.1. The monoisotopic (exact) mass is 333 g/mol. The maximum absolute atomic E-state index is 14.9. The summed E-state index contributed by atoms with van der Waals surface area (Å²) in [6.45, 7) is 6.97. The molecule has 22 heavy (non-hydrogen) atoms. The van der Waals surface area contributed by atoms with Crippen LogP contribution in [-0.2, 0) is 21.7 Å². The summed E-state index contributed by atoms with van der Waals surface area (Å²) in [7, 11) is 0. The zero-order chi connectivity index (χ0) is 17.3. The smallest absolute Gasteiger partial charge is 0.343 e. The second kappa shape index (κ2) is 6.14. The molecular weight excluding hydrogens is 312 g/mol. The Balaban J connectivity index is 3.47. The van der Waals surface area contributed by atoms with Gasteiger partial charge in [-0.3, -0.25) is 0 Å². The summed E-state index contributed by atoms with van der Waals surface area (Å²) in [6.07, 6.45) is 0. The zero-order valence-electron chi connectivity index (χ0n) is 13.2. The van der Waals surface area contributed by atoms with Crippen molar-refractivity contribution in [1.82, 2.24) is 4.72 Å². The molecule has 0 spiro atoms. The van der Waals surface area contributed by atoms with Gasteiger partial charge < -0.3 is 9.66 Å². The molecule has 0 fully saturated rings. The van der Waals surface area contributed by atoms with Crippen molar-refractivity contribution in [2.75, 3.05) is 0 Å². The Bertz CT molecular complexity index is 560. The Morgan fingerprint density at radius 2 is 1.73 bits per heavy atom. The number of alkyl halides is 1. The van der Waals surface area contributed by atoms with E-state index in [-0.39, 0.29) is 5.56 Å². The van der Waals surface area contributed by atoms with Crippen LogP contribution < -0.4 is 4.72 Å². The van der Waals surface area contributed by atoms with Gasteiger partial charge in [-0.1, -0.05) is 18.2 Å². The number of hydrogen-bond donors (Lipinski definition) is 2. The molecule has 0 saturated carbocycles. The van der Waals surface area contributed by atoms with Crippen LogP contribution in [0.25, 0.3) is 0 Å². The number of aliphatic carboxylic acids is 1. The first-order valence-electron chi connectivity index (χ1n) is 6.71. The lowest BCUT2D eigenvalue weighted by molar-refractivity contribution is -0.155. The van der Waals surface area contributed by atoms with Crippen LogP contribution in [0.4, 0.5) is 8.78 Å². The van der Waals surface area contributed by atoms with Crippen molar-refractivity contribution in [2.45, 2.75) is 50.6 Å². The SMILES string of the molecule is CC(C)(C)[S@@+]([O-])NC(C)(c1ccccc1F)C(C)(F)C(=O)O. The number of hydrogen-bond acceptors (Lipinski definition) is 3. The molecule has 4 nitrogen and oxygen atoms in total. The van der Waals surface area contributed by atoms with E-state index in [0.717, 1.165) is 13.0 Å². The van der Waals surface area contributed by atoms with Crippen LogP contribution in [0.3, 0.4) is 0 Å². The lowest BCUT2D eigenvalue weighted by atomic mass is 9.79. The summed E-state index contributed by atoms with van der Waals surface area (Å²) in [5.74, 6) is -2.54. The molecule has 0 amide bonds. The first-order valence-corrected chi connectivity index (χ1v) is 7.86. The summed E-state index contributed by atoms with van der Waals surface area (Å²) >= 11 is -1.80. The lowest BCUT2D eigenvalue weighted by Gasteiger charge is -2.40. The first kappa shape index (κ1) is 18.9. The number of carboxylic acids is 1. The molecule has 0 aliphatic carbocycles. The summed E-state index contributed by atoms with van der Waals surface area (Å²) in [5, 5.41) is 9.21. The van der Waals surface area contributed by atoms with E-state index < -0.39 is 39.1 Å². The van der Waals surface area contributed by atoms with E-state index in [1.54, 1.807) is 20.8 Å². The van der Waals surface area contributed by atoms with Gasteiger partial charge in [-0.05, 0) is 40.7 Å². The van der Waals surface area contributed by atoms with Crippen molar-refractivity contribution < 1.29 is 23.2 Å². The van der Waals surface area contributed by atoms with E-state index in [0.29, 0.717) is 0 Å². The summed E-state index contributed by atoms with van der Waals surface area (Å²) in [5.41, 5.74) is -5.08. The van der Waals surface area contributed by atoms with Gasteiger partial charge in [0.05, 0.1) is 0 Å². The Hall–Kier alpha value is -1.18. The van der Waals surface area contributed by atoms with Gasteiger partial charge >= 0.3 is 5.97 Å². The third kappa shape index (κ3) is 3.42. The molecule has 0 aliphatic heterocycles. The molecule has 124 valence electrons. The van der Waals surface area contributed by atoms with Crippen LogP contribution in [0.15, 0.2) is 24.3 Å². The lowest BCUT2D eigenvalue weighted by Crippen LogP contribution is -2.62. The molecular formula is C15H21F2NO3S. The molecule has 7 heteroatoms. The molecule has 2 N–H and O–H groups in total. The molecule has 0 aromatic heterocycles. The highest BCUT2D eigenvalue weighted by atomic mass is 32.2. The van der Waals surface area contributed by atoms with E-state index in [1.165, 1.54) is 25.1 Å². The van der Waals surface area contributed by atoms with Crippen molar-refractivity contribution in [3.05, 3.63) is 35.6 Å². The highest BCUT2D eigenvalue weighted by Crippen LogP contribution is 2.39. The predicted octanol–water partition coefficient (Wildman–Crippen LogP) is 2.91. The maximum atomic E-state index is 14.9. The third-order valence-electron chi connectivity index (χ3n) is 3.61. The molecule has 0 heterocycles. The Labute approximate surface area is 132 Å². The van der Waals surface area contributed by atoms with Gasteiger partial charge in [0.25, 0.3) is 0 Å². The Morgan fingerprint density at radius 1 is 1.23 bits per heavy atom. The standard InChI is InChI=1S/C15H21F2NO3S/c1-13(2,3)22(21)18-15(5,14(4,17)12(19)20)10-8-6-7-9-11(10)16/h6-9,18H,1-5H3,(H,19,20)/t14?,15?,22-/m1/s1. The van der Waals surface area contributed by atoms with Crippen LogP contribution in [-0.4, -0.2) is 26.0 Å². The number of benzene rings is 1. The number of halogens is 2. The highest BCUT2D eigenvalue weighted by molar-refractivity contribution is 7.90. The fraction of sp³-hybridized carbons (Fsp3) is 0.533. The average molecular weight is 333 g/mol. The van der Waals surface area contributed by atoms with E-state index in [4.69, 9.17) is 0 Å². The van der Waals surface area contributed by atoms with E-state index >= 15 is 0 Å². The van der Waals surface area contributed by atoms with Gasteiger partial charge in [-0.25, -0.2) is 13.6 Å². The molecule has 1 aromatic rings.